The van der Waals surface area contributed by atoms with E-state index in [-0.39, 0.29) is 11.7 Å². The summed E-state index contributed by atoms with van der Waals surface area (Å²) >= 11 is 0. The van der Waals surface area contributed by atoms with E-state index >= 15 is 0 Å². The lowest BCUT2D eigenvalue weighted by molar-refractivity contribution is -0.123. The number of benzene rings is 1. The number of nitrogens with zero attached hydrogens (tertiary/aromatic N) is 2. The largest absolute Gasteiger partial charge is 0.367 e. The Labute approximate surface area is 144 Å². The maximum atomic E-state index is 13.9. The molecule has 2 atom stereocenters. The van der Waals surface area contributed by atoms with E-state index in [9.17, 15) is 9.18 Å². The first kappa shape index (κ1) is 17.2. The number of hydrogen-bond donors (Lipinski definition) is 1. The Bertz CT molecular complexity index is 557. The van der Waals surface area contributed by atoms with Gasteiger partial charge in [0.05, 0.1) is 12.2 Å². The molecule has 1 aromatic rings. The lowest BCUT2D eigenvalue weighted by atomic mass is 9.86. The SMILES string of the molecule is CC1CCCCC1NC(=O)CN1CCN(c2ccccc2F)CC1. The Kier molecular flexibility index (Phi) is 5.72. The zero-order valence-electron chi connectivity index (χ0n) is 14.5. The number of rotatable bonds is 4. The Morgan fingerprint density at radius 3 is 2.58 bits per heavy atom. The lowest BCUT2D eigenvalue weighted by Gasteiger charge is -2.36. The molecule has 0 spiro atoms. The van der Waals surface area contributed by atoms with Gasteiger partial charge in [-0.1, -0.05) is 31.9 Å². The van der Waals surface area contributed by atoms with E-state index < -0.39 is 0 Å². The van der Waals surface area contributed by atoms with Gasteiger partial charge >= 0.3 is 0 Å². The molecule has 1 saturated heterocycles. The number of amides is 1. The van der Waals surface area contributed by atoms with Crippen LogP contribution in [0.1, 0.15) is 32.6 Å². The van der Waals surface area contributed by atoms with Crippen molar-refractivity contribution in [3.8, 4) is 0 Å². The topological polar surface area (TPSA) is 35.6 Å². The van der Waals surface area contributed by atoms with Gasteiger partial charge in [0.15, 0.2) is 0 Å². The summed E-state index contributed by atoms with van der Waals surface area (Å²) in [6.07, 6.45) is 4.82. The van der Waals surface area contributed by atoms with Crippen molar-refractivity contribution in [1.29, 1.82) is 0 Å². The molecule has 1 aliphatic heterocycles. The van der Waals surface area contributed by atoms with Crippen molar-refractivity contribution in [3.63, 3.8) is 0 Å². The predicted molar refractivity (Wildman–Crippen MR) is 94.6 cm³/mol. The van der Waals surface area contributed by atoms with Gasteiger partial charge in [0, 0.05) is 32.2 Å². The molecule has 3 rings (SSSR count). The Hall–Kier alpha value is -1.62. The average Bonchev–Trinajstić information content (AvgIpc) is 2.58. The van der Waals surface area contributed by atoms with E-state index in [4.69, 9.17) is 0 Å². The van der Waals surface area contributed by atoms with Crippen LogP contribution in [-0.4, -0.2) is 49.6 Å². The van der Waals surface area contributed by atoms with Crippen LogP contribution in [-0.2, 0) is 4.79 Å². The van der Waals surface area contributed by atoms with Gasteiger partial charge in [-0.25, -0.2) is 4.39 Å². The molecule has 132 valence electrons. The standard InChI is InChI=1S/C19H28FN3O/c1-15-6-2-4-8-17(15)21-19(24)14-22-10-12-23(13-11-22)18-9-5-3-7-16(18)20/h3,5,7,9,15,17H,2,4,6,8,10-14H2,1H3,(H,21,24). The van der Waals surface area contributed by atoms with E-state index in [2.05, 4.69) is 22.0 Å². The highest BCUT2D eigenvalue weighted by Crippen LogP contribution is 2.24. The summed E-state index contributed by atoms with van der Waals surface area (Å²) in [4.78, 5) is 16.5. The van der Waals surface area contributed by atoms with Crippen LogP contribution in [0.3, 0.4) is 0 Å². The minimum Gasteiger partial charge on any atom is -0.367 e. The van der Waals surface area contributed by atoms with Crippen molar-refractivity contribution in [2.45, 2.75) is 38.6 Å². The molecule has 1 aromatic carbocycles. The van der Waals surface area contributed by atoms with Crippen molar-refractivity contribution in [2.75, 3.05) is 37.6 Å². The molecule has 2 unspecified atom stereocenters. The van der Waals surface area contributed by atoms with Crippen molar-refractivity contribution < 1.29 is 9.18 Å². The molecule has 0 aromatic heterocycles. The number of piperazine rings is 1. The summed E-state index contributed by atoms with van der Waals surface area (Å²) in [5, 5.41) is 3.21. The number of anilines is 1. The van der Waals surface area contributed by atoms with Gasteiger partial charge in [0.2, 0.25) is 5.91 Å². The number of halogens is 1. The minimum absolute atomic E-state index is 0.132. The highest BCUT2D eigenvalue weighted by molar-refractivity contribution is 5.78. The van der Waals surface area contributed by atoms with Crippen LogP contribution < -0.4 is 10.2 Å². The highest BCUT2D eigenvalue weighted by atomic mass is 19.1. The average molecular weight is 333 g/mol. The van der Waals surface area contributed by atoms with Crippen LogP contribution in [0.5, 0.6) is 0 Å². The van der Waals surface area contributed by atoms with Gasteiger partial charge in [-0.05, 0) is 30.9 Å². The molecule has 1 aliphatic carbocycles. The van der Waals surface area contributed by atoms with Gasteiger partial charge in [-0.2, -0.15) is 0 Å². The maximum Gasteiger partial charge on any atom is 0.234 e. The third-order valence-corrected chi connectivity index (χ3v) is 5.39. The molecule has 24 heavy (non-hydrogen) atoms. The second-order valence-electron chi connectivity index (χ2n) is 7.15. The second kappa shape index (κ2) is 7.97. The van der Waals surface area contributed by atoms with Crippen LogP contribution in [0, 0.1) is 11.7 Å². The number of para-hydroxylation sites is 1. The number of carbonyl (C=O) groups is 1. The van der Waals surface area contributed by atoms with E-state index in [1.165, 1.54) is 25.3 Å². The van der Waals surface area contributed by atoms with Gasteiger partial charge < -0.3 is 10.2 Å². The van der Waals surface area contributed by atoms with Gasteiger partial charge in [-0.15, -0.1) is 0 Å². The van der Waals surface area contributed by atoms with Crippen molar-refractivity contribution >= 4 is 11.6 Å². The van der Waals surface area contributed by atoms with E-state index in [0.717, 1.165) is 32.6 Å². The molecule has 0 radical (unpaired) electrons. The van der Waals surface area contributed by atoms with Crippen molar-refractivity contribution in [2.24, 2.45) is 5.92 Å². The number of carbonyl (C=O) groups excluding carboxylic acids is 1. The molecule has 1 heterocycles. The zero-order chi connectivity index (χ0) is 16.9. The molecule has 1 saturated carbocycles. The predicted octanol–water partition coefficient (Wildman–Crippen LogP) is 2.64. The number of hydrogen-bond acceptors (Lipinski definition) is 3. The van der Waals surface area contributed by atoms with Crippen molar-refractivity contribution in [3.05, 3.63) is 30.1 Å². The molecule has 1 amide bonds. The second-order valence-corrected chi connectivity index (χ2v) is 7.15. The van der Waals surface area contributed by atoms with E-state index in [1.54, 1.807) is 6.07 Å². The molecule has 2 fully saturated rings. The Morgan fingerprint density at radius 2 is 1.88 bits per heavy atom. The third-order valence-electron chi connectivity index (χ3n) is 5.39. The molecular formula is C19H28FN3O. The van der Waals surface area contributed by atoms with Crippen LogP contribution in [0.2, 0.25) is 0 Å². The van der Waals surface area contributed by atoms with E-state index in [0.29, 0.717) is 24.2 Å². The first-order valence-corrected chi connectivity index (χ1v) is 9.14. The lowest BCUT2D eigenvalue weighted by Crippen LogP contribution is -2.51. The molecule has 5 heteroatoms. The van der Waals surface area contributed by atoms with Crippen molar-refractivity contribution in [1.82, 2.24) is 10.2 Å². The van der Waals surface area contributed by atoms with Gasteiger partial charge in [0.1, 0.15) is 5.82 Å². The fourth-order valence-corrected chi connectivity index (χ4v) is 3.84. The summed E-state index contributed by atoms with van der Waals surface area (Å²) in [7, 11) is 0. The van der Waals surface area contributed by atoms with Gasteiger partial charge in [0.25, 0.3) is 0 Å². The van der Waals surface area contributed by atoms with Crippen LogP contribution in [0.15, 0.2) is 24.3 Å². The van der Waals surface area contributed by atoms with Crippen LogP contribution in [0.4, 0.5) is 10.1 Å². The number of nitrogens with one attached hydrogen (secondary N) is 1. The maximum absolute atomic E-state index is 13.9. The molecule has 2 aliphatic rings. The van der Waals surface area contributed by atoms with E-state index in [1.807, 2.05) is 12.1 Å². The minimum atomic E-state index is -0.171. The quantitative estimate of drug-likeness (QED) is 0.920. The Morgan fingerprint density at radius 1 is 1.17 bits per heavy atom. The first-order chi connectivity index (χ1) is 11.6. The van der Waals surface area contributed by atoms with Crippen LogP contribution in [0.25, 0.3) is 0 Å². The monoisotopic (exact) mass is 333 g/mol. The summed E-state index contributed by atoms with van der Waals surface area (Å²) in [5.41, 5.74) is 0.664. The summed E-state index contributed by atoms with van der Waals surface area (Å²) in [5.74, 6) is 0.545. The Balaban J connectivity index is 1.45. The zero-order valence-corrected chi connectivity index (χ0v) is 14.5. The molecule has 0 bridgehead atoms. The summed E-state index contributed by atoms with van der Waals surface area (Å²) < 4.78 is 13.9. The smallest absolute Gasteiger partial charge is 0.234 e. The molecular weight excluding hydrogens is 305 g/mol. The van der Waals surface area contributed by atoms with Gasteiger partial charge in [-0.3, -0.25) is 9.69 Å². The van der Waals surface area contributed by atoms with Crippen LogP contribution >= 0.6 is 0 Å². The summed E-state index contributed by atoms with van der Waals surface area (Å²) in [6.45, 7) is 5.79. The molecule has 4 nitrogen and oxygen atoms in total. The first-order valence-electron chi connectivity index (χ1n) is 9.14. The third kappa shape index (κ3) is 4.26. The highest BCUT2D eigenvalue weighted by Gasteiger charge is 2.25. The fraction of sp³-hybridized carbons (Fsp3) is 0.632. The fourth-order valence-electron chi connectivity index (χ4n) is 3.84. The molecule has 1 N–H and O–H groups in total. The summed E-state index contributed by atoms with van der Waals surface area (Å²) in [6, 6.07) is 7.24. The normalized spacial score (nSPS) is 25.5.